The Hall–Kier alpha value is -3.78. The van der Waals surface area contributed by atoms with E-state index in [4.69, 9.17) is 11.2 Å². The summed E-state index contributed by atoms with van der Waals surface area (Å²) in [5.41, 5.74) is 0.968. The molecule has 0 radical (unpaired) electrons. The molecular formula is C23H24N4O4. The highest BCUT2D eigenvalue weighted by atomic mass is 16.5. The van der Waals surface area contributed by atoms with Crippen LogP contribution in [-0.2, 0) is 9.59 Å². The summed E-state index contributed by atoms with van der Waals surface area (Å²) in [5, 5.41) is 15.4. The van der Waals surface area contributed by atoms with Gasteiger partial charge in [-0.25, -0.2) is 0 Å². The van der Waals surface area contributed by atoms with Crippen molar-refractivity contribution in [2.75, 3.05) is 7.11 Å². The Bertz CT molecular complexity index is 1080. The lowest BCUT2D eigenvalue weighted by Gasteiger charge is -2.20. The Morgan fingerprint density at radius 3 is 2.84 bits per heavy atom. The Morgan fingerprint density at radius 2 is 2.19 bits per heavy atom. The number of ketones is 1. The number of carbonyl (C=O) groups excluding carboxylic acids is 3. The van der Waals surface area contributed by atoms with Crippen LogP contribution in [0.1, 0.15) is 42.6 Å². The molecule has 8 heteroatoms. The molecule has 1 heterocycles. The van der Waals surface area contributed by atoms with Crippen LogP contribution in [0.25, 0.3) is 10.9 Å². The average molecular weight is 420 g/mol. The number of carbonyl (C=O) groups is 3. The summed E-state index contributed by atoms with van der Waals surface area (Å²) < 4.78 is 5.30. The monoisotopic (exact) mass is 420 g/mol. The molecule has 2 amide bonds. The number of hydrogen-bond donors (Lipinski definition) is 3. The number of Topliss-reactive ketones (excluding diaryl/α,β-unsaturated/α-hetero) is 1. The maximum Gasteiger partial charge on any atom is 0.268 e. The fraction of sp³-hybridized carbons (Fsp3) is 0.391. The van der Waals surface area contributed by atoms with E-state index >= 15 is 0 Å². The number of terminal acetylenes is 1. The first-order valence-corrected chi connectivity index (χ1v) is 10.1. The first kappa shape index (κ1) is 21.9. The number of ether oxygens (including phenoxy) is 1. The van der Waals surface area contributed by atoms with Crippen LogP contribution in [0.5, 0.6) is 5.75 Å². The highest BCUT2D eigenvalue weighted by molar-refractivity contribution is 6.01. The molecule has 3 unspecified atom stereocenters. The number of nitriles is 1. The summed E-state index contributed by atoms with van der Waals surface area (Å²) in [4.78, 5) is 40.3. The zero-order chi connectivity index (χ0) is 22.4. The van der Waals surface area contributed by atoms with Crippen LogP contribution in [-0.4, -0.2) is 41.8 Å². The number of amides is 2. The zero-order valence-corrected chi connectivity index (χ0v) is 17.2. The number of hydrogen-bond acceptors (Lipinski definition) is 5. The van der Waals surface area contributed by atoms with Crippen LogP contribution in [0.4, 0.5) is 0 Å². The number of aromatic nitrogens is 1. The standard InChI is InChI=1S/C23H24N4O4/c1-3-6-18(22(29)25-15(13-24)11-14-7-4-9-20(14)28)27-23(30)19-12-16-17(26-19)8-5-10-21(16)31-2/h1,5,8,10,12,14-15,18,26H,4,6-7,9,11H2,2H3,(H,25,29)(H,27,30). The third-order valence-electron chi connectivity index (χ3n) is 5.46. The maximum atomic E-state index is 12.7. The minimum atomic E-state index is -1.01. The fourth-order valence-corrected chi connectivity index (χ4v) is 3.83. The third kappa shape index (κ3) is 5.04. The van der Waals surface area contributed by atoms with Gasteiger partial charge in [-0.3, -0.25) is 14.4 Å². The summed E-state index contributed by atoms with van der Waals surface area (Å²) in [5.74, 6) is 1.84. The van der Waals surface area contributed by atoms with Crippen molar-refractivity contribution in [2.45, 2.75) is 44.2 Å². The second-order valence-electron chi connectivity index (χ2n) is 7.52. The van der Waals surface area contributed by atoms with E-state index in [0.717, 1.165) is 18.2 Å². The molecule has 0 aliphatic heterocycles. The largest absolute Gasteiger partial charge is 0.496 e. The molecule has 3 atom stereocenters. The summed E-state index contributed by atoms with van der Waals surface area (Å²) in [7, 11) is 1.54. The summed E-state index contributed by atoms with van der Waals surface area (Å²) >= 11 is 0. The molecule has 1 fully saturated rings. The SMILES string of the molecule is C#CCC(NC(=O)c1cc2c(OC)cccc2[nH]1)C(=O)NC(C#N)CC1CCCC1=O. The number of nitrogens with one attached hydrogen (secondary N) is 3. The van der Waals surface area contributed by atoms with Crippen molar-refractivity contribution >= 4 is 28.5 Å². The van der Waals surface area contributed by atoms with Gasteiger partial charge in [0.2, 0.25) is 5.91 Å². The lowest BCUT2D eigenvalue weighted by atomic mass is 9.98. The summed E-state index contributed by atoms with van der Waals surface area (Å²) in [6.07, 6.45) is 7.65. The summed E-state index contributed by atoms with van der Waals surface area (Å²) in [6.45, 7) is 0. The molecule has 8 nitrogen and oxygen atoms in total. The van der Waals surface area contributed by atoms with Crippen LogP contribution < -0.4 is 15.4 Å². The molecule has 2 aromatic rings. The second kappa shape index (κ2) is 9.82. The Kier molecular flexibility index (Phi) is 6.94. The Balaban J connectivity index is 1.69. The molecule has 1 aliphatic rings. The number of H-pyrrole nitrogens is 1. The van der Waals surface area contributed by atoms with E-state index in [9.17, 15) is 19.6 Å². The fourth-order valence-electron chi connectivity index (χ4n) is 3.83. The van der Waals surface area contributed by atoms with E-state index in [1.54, 1.807) is 25.3 Å². The van der Waals surface area contributed by atoms with Crippen LogP contribution in [0.2, 0.25) is 0 Å². The van der Waals surface area contributed by atoms with Gasteiger partial charge in [-0.15, -0.1) is 12.3 Å². The van der Waals surface area contributed by atoms with Gasteiger partial charge in [-0.2, -0.15) is 5.26 Å². The van der Waals surface area contributed by atoms with Crippen LogP contribution in [0.15, 0.2) is 24.3 Å². The topological polar surface area (TPSA) is 124 Å². The number of fused-ring (bicyclic) bond motifs is 1. The molecule has 3 rings (SSSR count). The molecule has 0 saturated heterocycles. The number of methoxy groups -OCH3 is 1. The molecule has 1 aromatic carbocycles. The van der Waals surface area contributed by atoms with Crippen molar-refractivity contribution in [3.8, 4) is 24.2 Å². The van der Waals surface area contributed by atoms with E-state index in [1.807, 2.05) is 12.1 Å². The lowest BCUT2D eigenvalue weighted by molar-refractivity contribution is -0.124. The van der Waals surface area contributed by atoms with Crippen molar-refractivity contribution in [3.63, 3.8) is 0 Å². The molecule has 0 spiro atoms. The molecule has 1 aliphatic carbocycles. The average Bonchev–Trinajstić information content (AvgIpc) is 3.38. The molecule has 31 heavy (non-hydrogen) atoms. The minimum absolute atomic E-state index is 0.0400. The number of benzene rings is 1. The van der Waals surface area contributed by atoms with Gasteiger partial charge in [-0.05, 0) is 37.5 Å². The minimum Gasteiger partial charge on any atom is -0.496 e. The Morgan fingerprint density at radius 1 is 1.39 bits per heavy atom. The molecule has 0 bridgehead atoms. The van der Waals surface area contributed by atoms with E-state index in [2.05, 4.69) is 21.5 Å². The molecule has 1 saturated carbocycles. The van der Waals surface area contributed by atoms with Crippen molar-refractivity contribution < 1.29 is 19.1 Å². The Labute approximate surface area is 180 Å². The van der Waals surface area contributed by atoms with Crippen molar-refractivity contribution in [3.05, 3.63) is 30.0 Å². The third-order valence-corrected chi connectivity index (χ3v) is 5.46. The van der Waals surface area contributed by atoms with E-state index < -0.39 is 23.9 Å². The quantitative estimate of drug-likeness (QED) is 0.564. The lowest BCUT2D eigenvalue weighted by Crippen LogP contribution is -2.49. The molecule has 160 valence electrons. The summed E-state index contributed by atoms with van der Waals surface area (Å²) in [6, 6.07) is 7.21. The second-order valence-corrected chi connectivity index (χ2v) is 7.52. The normalized spacial score (nSPS) is 17.4. The van der Waals surface area contributed by atoms with Gasteiger partial charge in [0.1, 0.15) is 29.3 Å². The van der Waals surface area contributed by atoms with Crippen molar-refractivity contribution in [2.24, 2.45) is 5.92 Å². The van der Waals surface area contributed by atoms with E-state index in [-0.39, 0.29) is 30.2 Å². The molecule has 3 N–H and O–H groups in total. The van der Waals surface area contributed by atoms with Gasteiger partial charge in [0, 0.05) is 29.7 Å². The van der Waals surface area contributed by atoms with Gasteiger partial charge in [0.15, 0.2) is 0 Å². The predicted molar refractivity (Wildman–Crippen MR) is 114 cm³/mol. The predicted octanol–water partition coefficient (Wildman–Crippen LogP) is 2.07. The number of rotatable bonds is 8. The highest BCUT2D eigenvalue weighted by Gasteiger charge is 2.30. The zero-order valence-electron chi connectivity index (χ0n) is 17.2. The van der Waals surface area contributed by atoms with Gasteiger partial charge < -0.3 is 20.4 Å². The molecule has 1 aromatic heterocycles. The van der Waals surface area contributed by atoms with Gasteiger partial charge in [-0.1, -0.05) is 6.07 Å². The van der Waals surface area contributed by atoms with Crippen LogP contribution >= 0.6 is 0 Å². The maximum absolute atomic E-state index is 12.7. The van der Waals surface area contributed by atoms with Crippen molar-refractivity contribution in [1.29, 1.82) is 5.26 Å². The number of nitrogens with zero attached hydrogens (tertiary/aromatic N) is 1. The van der Waals surface area contributed by atoms with E-state index in [0.29, 0.717) is 17.7 Å². The first-order valence-electron chi connectivity index (χ1n) is 10.1. The number of aromatic amines is 1. The molecular weight excluding hydrogens is 396 g/mol. The first-order chi connectivity index (χ1) is 15.0. The smallest absolute Gasteiger partial charge is 0.268 e. The van der Waals surface area contributed by atoms with Gasteiger partial charge in [0.25, 0.3) is 5.91 Å². The van der Waals surface area contributed by atoms with Gasteiger partial charge >= 0.3 is 0 Å². The van der Waals surface area contributed by atoms with E-state index in [1.165, 1.54) is 0 Å². The van der Waals surface area contributed by atoms with Crippen molar-refractivity contribution in [1.82, 2.24) is 15.6 Å². The van der Waals surface area contributed by atoms with Gasteiger partial charge in [0.05, 0.1) is 13.2 Å². The van der Waals surface area contributed by atoms with Crippen LogP contribution in [0.3, 0.4) is 0 Å². The van der Waals surface area contributed by atoms with Crippen LogP contribution in [0, 0.1) is 29.6 Å². The highest BCUT2D eigenvalue weighted by Crippen LogP contribution is 2.26.